The quantitative estimate of drug-likeness (QED) is 0.531. The molecule has 1 heterocycles. The SMILES string of the molecule is C=CCOCC(NC(=O)c1cc(C2CC2)nn1-c1ccccc1)C(=O)O. The molecule has 3 rings (SSSR count). The Kier molecular flexibility index (Phi) is 5.48. The second-order valence-corrected chi connectivity index (χ2v) is 6.17. The van der Waals surface area contributed by atoms with Crippen LogP contribution in [0, 0.1) is 0 Å². The van der Waals surface area contributed by atoms with Gasteiger partial charge in [-0.2, -0.15) is 5.10 Å². The van der Waals surface area contributed by atoms with Gasteiger partial charge in [0.2, 0.25) is 0 Å². The van der Waals surface area contributed by atoms with Gasteiger partial charge in [0.05, 0.1) is 24.6 Å². The molecule has 26 heavy (non-hydrogen) atoms. The van der Waals surface area contributed by atoms with Crippen LogP contribution >= 0.6 is 0 Å². The third-order valence-corrected chi connectivity index (χ3v) is 4.08. The Morgan fingerprint density at radius 2 is 2.12 bits per heavy atom. The number of ether oxygens (including phenoxy) is 1. The molecule has 0 saturated heterocycles. The molecule has 1 unspecified atom stereocenters. The van der Waals surface area contributed by atoms with Gasteiger partial charge in [-0.1, -0.05) is 24.3 Å². The lowest BCUT2D eigenvalue weighted by atomic mass is 10.2. The predicted molar refractivity (Wildman–Crippen MR) is 95.4 cm³/mol. The molecule has 1 aliphatic rings. The van der Waals surface area contributed by atoms with Gasteiger partial charge in [-0.25, -0.2) is 9.48 Å². The number of amides is 1. The van der Waals surface area contributed by atoms with Crippen LogP contribution in [-0.2, 0) is 9.53 Å². The average Bonchev–Trinajstić information content (AvgIpc) is 3.40. The van der Waals surface area contributed by atoms with Crippen LogP contribution in [0.1, 0.15) is 34.9 Å². The van der Waals surface area contributed by atoms with E-state index in [-0.39, 0.29) is 13.2 Å². The summed E-state index contributed by atoms with van der Waals surface area (Å²) in [6.45, 7) is 3.59. The Hall–Kier alpha value is -2.93. The van der Waals surface area contributed by atoms with E-state index in [1.807, 2.05) is 30.3 Å². The lowest BCUT2D eigenvalue weighted by molar-refractivity contribution is -0.140. The van der Waals surface area contributed by atoms with Gasteiger partial charge in [0.1, 0.15) is 5.69 Å². The first-order valence-corrected chi connectivity index (χ1v) is 8.48. The van der Waals surface area contributed by atoms with Gasteiger partial charge < -0.3 is 15.2 Å². The first-order chi connectivity index (χ1) is 12.6. The molecule has 1 saturated carbocycles. The minimum atomic E-state index is -1.16. The molecule has 0 aliphatic heterocycles. The summed E-state index contributed by atoms with van der Waals surface area (Å²) in [6.07, 6.45) is 3.63. The van der Waals surface area contributed by atoms with Crippen molar-refractivity contribution in [1.29, 1.82) is 0 Å². The standard InChI is InChI=1S/C19H21N3O4/c1-2-10-26-12-16(19(24)25)20-18(23)17-11-15(13-8-9-13)21-22(17)14-6-4-3-5-7-14/h2-7,11,13,16H,1,8-10,12H2,(H,20,23)(H,24,25). The van der Waals surface area contributed by atoms with E-state index in [2.05, 4.69) is 17.0 Å². The van der Waals surface area contributed by atoms with Crippen molar-refractivity contribution in [2.45, 2.75) is 24.8 Å². The number of carbonyl (C=O) groups is 2. The lowest BCUT2D eigenvalue weighted by Crippen LogP contribution is -2.44. The third-order valence-electron chi connectivity index (χ3n) is 4.08. The normalized spacial score (nSPS) is 14.6. The van der Waals surface area contributed by atoms with E-state index < -0.39 is 17.9 Å². The second-order valence-electron chi connectivity index (χ2n) is 6.17. The van der Waals surface area contributed by atoms with E-state index in [9.17, 15) is 14.7 Å². The molecule has 0 bridgehead atoms. The summed E-state index contributed by atoms with van der Waals surface area (Å²) in [5.41, 5.74) is 1.92. The molecular weight excluding hydrogens is 334 g/mol. The van der Waals surface area contributed by atoms with Crippen LogP contribution in [0.5, 0.6) is 0 Å². The second kappa shape index (κ2) is 7.97. The number of aromatic nitrogens is 2. The number of aliphatic carboxylic acids is 1. The van der Waals surface area contributed by atoms with Crippen LogP contribution in [0.3, 0.4) is 0 Å². The predicted octanol–water partition coefficient (Wildman–Crippen LogP) is 2.14. The third kappa shape index (κ3) is 4.18. The summed E-state index contributed by atoms with van der Waals surface area (Å²) in [6, 6.07) is 9.89. The van der Waals surface area contributed by atoms with Gasteiger partial charge in [0, 0.05) is 5.92 Å². The van der Waals surface area contributed by atoms with E-state index in [0.717, 1.165) is 24.2 Å². The van der Waals surface area contributed by atoms with E-state index in [1.54, 1.807) is 10.7 Å². The fourth-order valence-electron chi connectivity index (χ4n) is 2.58. The largest absolute Gasteiger partial charge is 0.480 e. The summed E-state index contributed by atoms with van der Waals surface area (Å²) in [5, 5.41) is 16.4. The van der Waals surface area contributed by atoms with Crippen molar-refractivity contribution in [2.75, 3.05) is 13.2 Å². The number of benzene rings is 1. The molecular formula is C19H21N3O4. The van der Waals surface area contributed by atoms with Gasteiger partial charge in [-0.05, 0) is 31.0 Å². The Morgan fingerprint density at radius 1 is 1.38 bits per heavy atom. The van der Waals surface area contributed by atoms with E-state index in [4.69, 9.17) is 4.74 Å². The number of nitrogens with one attached hydrogen (secondary N) is 1. The average molecular weight is 355 g/mol. The zero-order valence-corrected chi connectivity index (χ0v) is 14.3. The van der Waals surface area contributed by atoms with Crippen molar-refractivity contribution in [3.05, 3.63) is 60.4 Å². The minimum Gasteiger partial charge on any atom is -0.480 e. The number of hydrogen-bond donors (Lipinski definition) is 2. The van der Waals surface area contributed by atoms with Gasteiger partial charge in [-0.3, -0.25) is 4.79 Å². The van der Waals surface area contributed by atoms with Gasteiger partial charge in [-0.15, -0.1) is 6.58 Å². The highest BCUT2D eigenvalue weighted by Crippen LogP contribution is 2.39. The molecule has 0 spiro atoms. The summed E-state index contributed by atoms with van der Waals surface area (Å²) in [5.74, 6) is -1.28. The lowest BCUT2D eigenvalue weighted by Gasteiger charge is -2.15. The zero-order valence-electron chi connectivity index (χ0n) is 14.3. The highest BCUT2D eigenvalue weighted by molar-refractivity contribution is 5.95. The molecule has 1 amide bonds. The molecule has 1 aromatic heterocycles. The van der Waals surface area contributed by atoms with Crippen molar-refractivity contribution in [3.8, 4) is 5.69 Å². The molecule has 0 radical (unpaired) electrons. The molecule has 1 atom stereocenters. The van der Waals surface area contributed by atoms with Crippen LogP contribution in [0.25, 0.3) is 5.69 Å². The van der Waals surface area contributed by atoms with Crippen molar-refractivity contribution >= 4 is 11.9 Å². The van der Waals surface area contributed by atoms with E-state index in [0.29, 0.717) is 11.6 Å². The minimum absolute atomic E-state index is 0.137. The summed E-state index contributed by atoms with van der Waals surface area (Å²) in [7, 11) is 0. The number of para-hydroxylation sites is 1. The van der Waals surface area contributed by atoms with Crippen LogP contribution in [0.4, 0.5) is 0 Å². The maximum absolute atomic E-state index is 12.7. The number of rotatable bonds is 9. The van der Waals surface area contributed by atoms with Crippen molar-refractivity contribution in [2.24, 2.45) is 0 Å². The molecule has 1 fully saturated rings. The zero-order chi connectivity index (χ0) is 18.5. The molecule has 136 valence electrons. The maximum atomic E-state index is 12.7. The van der Waals surface area contributed by atoms with Gasteiger partial charge in [0.25, 0.3) is 5.91 Å². The van der Waals surface area contributed by atoms with Crippen molar-refractivity contribution in [1.82, 2.24) is 15.1 Å². The number of nitrogens with zero attached hydrogens (tertiary/aromatic N) is 2. The number of hydrogen-bond acceptors (Lipinski definition) is 4. The fraction of sp³-hybridized carbons (Fsp3) is 0.316. The molecule has 7 nitrogen and oxygen atoms in total. The van der Waals surface area contributed by atoms with Crippen molar-refractivity contribution < 1.29 is 19.4 Å². The van der Waals surface area contributed by atoms with Gasteiger partial charge in [0.15, 0.2) is 6.04 Å². The molecule has 1 aliphatic carbocycles. The first-order valence-electron chi connectivity index (χ1n) is 8.48. The highest BCUT2D eigenvalue weighted by atomic mass is 16.5. The molecule has 2 N–H and O–H groups in total. The Labute approximate surface area is 151 Å². The number of carboxylic acid groups (broad SMARTS) is 1. The number of carboxylic acids is 1. The van der Waals surface area contributed by atoms with Crippen LogP contribution in [0.2, 0.25) is 0 Å². The number of carbonyl (C=O) groups excluding carboxylic acids is 1. The molecule has 1 aromatic carbocycles. The highest BCUT2D eigenvalue weighted by Gasteiger charge is 2.30. The maximum Gasteiger partial charge on any atom is 0.328 e. The van der Waals surface area contributed by atoms with E-state index in [1.165, 1.54) is 6.08 Å². The Balaban J connectivity index is 1.83. The Morgan fingerprint density at radius 3 is 2.73 bits per heavy atom. The summed E-state index contributed by atoms with van der Waals surface area (Å²) in [4.78, 5) is 24.1. The Bertz CT molecular complexity index is 796. The van der Waals surface area contributed by atoms with Crippen molar-refractivity contribution in [3.63, 3.8) is 0 Å². The van der Waals surface area contributed by atoms with E-state index >= 15 is 0 Å². The summed E-state index contributed by atoms with van der Waals surface area (Å²) >= 11 is 0. The smallest absolute Gasteiger partial charge is 0.328 e. The first kappa shape index (κ1) is 17.9. The van der Waals surface area contributed by atoms with Crippen LogP contribution in [0.15, 0.2) is 49.1 Å². The van der Waals surface area contributed by atoms with Gasteiger partial charge >= 0.3 is 5.97 Å². The monoisotopic (exact) mass is 355 g/mol. The molecule has 2 aromatic rings. The van der Waals surface area contributed by atoms with Crippen LogP contribution < -0.4 is 5.32 Å². The fourth-order valence-corrected chi connectivity index (χ4v) is 2.58. The van der Waals surface area contributed by atoms with Crippen LogP contribution in [-0.4, -0.2) is 46.0 Å². The topological polar surface area (TPSA) is 93.5 Å². The summed E-state index contributed by atoms with van der Waals surface area (Å²) < 4.78 is 6.74. The molecule has 7 heteroatoms.